The fourth-order valence-electron chi connectivity index (χ4n) is 1.76. The number of nitrogens with zero attached hydrogens (tertiary/aromatic N) is 1. The van der Waals surface area contributed by atoms with Crippen LogP contribution in [0.5, 0.6) is 0 Å². The van der Waals surface area contributed by atoms with Crippen molar-refractivity contribution >= 4 is 6.29 Å². The Morgan fingerprint density at radius 1 is 1.46 bits per heavy atom. The van der Waals surface area contributed by atoms with E-state index in [2.05, 4.69) is 4.84 Å². The van der Waals surface area contributed by atoms with Crippen molar-refractivity contribution in [2.24, 2.45) is 5.92 Å². The minimum absolute atomic E-state index is 0.0170. The Kier molecular flexibility index (Phi) is 3.67. The van der Waals surface area contributed by atoms with Crippen LogP contribution in [-0.2, 0) is 9.63 Å². The Morgan fingerprint density at radius 3 is 2.77 bits per heavy atom. The maximum absolute atomic E-state index is 10.2. The van der Waals surface area contributed by atoms with Crippen LogP contribution in [0.4, 0.5) is 0 Å². The van der Waals surface area contributed by atoms with Crippen molar-refractivity contribution in [2.75, 3.05) is 0 Å². The molecule has 13 heavy (non-hydrogen) atoms. The number of hydrogen-bond donors (Lipinski definition) is 0. The number of hydrogen-bond acceptors (Lipinski definition) is 4. The summed E-state index contributed by atoms with van der Waals surface area (Å²) in [7, 11) is 0. The molecule has 0 spiro atoms. The SMILES string of the molecule is O=[C]CC1CCCCC1O[N+](=O)[O-]. The first kappa shape index (κ1) is 9.95. The molecule has 0 aliphatic heterocycles. The first-order chi connectivity index (χ1) is 6.24. The quantitative estimate of drug-likeness (QED) is 0.489. The highest BCUT2D eigenvalue weighted by Crippen LogP contribution is 2.28. The molecule has 2 unspecified atom stereocenters. The van der Waals surface area contributed by atoms with Crippen LogP contribution in [0.25, 0.3) is 0 Å². The third-order valence-corrected chi connectivity index (χ3v) is 2.41. The van der Waals surface area contributed by atoms with Crippen molar-refractivity contribution in [2.45, 2.75) is 38.2 Å². The highest BCUT2D eigenvalue weighted by Gasteiger charge is 2.27. The zero-order valence-electron chi connectivity index (χ0n) is 7.27. The van der Waals surface area contributed by atoms with E-state index < -0.39 is 11.2 Å². The zero-order chi connectivity index (χ0) is 9.68. The second kappa shape index (κ2) is 4.79. The van der Waals surface area contributed by atoms with Crippen molar-refractivity contribution in [3.05, 3.63) is 10.1 Å². The minimum Gasteiger partial charge on any atom is -0.310 e. The molecule has 1 saturated carbocycles. The van der Waals surface area contributed by atoms with Gasteiger partial charge in [0.15, 0.2) is 6.29 Å². The van der Waals surface area contributed by atoms with E-state index in [1.54, 1.807) is 6.29 Å². The molecule has 1 rings (SSSR count). The molecule has 0 aromatic carbocycles. The first-order valence-electron chi connectivity index (χ1n) is 4.40. The van der Waals surface area contributed by atoms with Crippen molar-refractivity contribution < 1.29 is 14.7 Å². The molecule has 5 nitrogen and oxygen atoms in total. The summed E-state index contributed by atoms with van der Waals surface area (Å²) in [6, 6.07) is 0. The van der Waals surface area contributed by atoms with Crippen LogP contribution in [-0.4, -0.2) is 17.5 Å². The Bertz CT molecular complexity index is 195. The van der Waals surface area contributed by atoms with Crippen molar-refractivity contribution in [1.82, 2.24) is 0 Å². The lowest BCUT2D eigenvalue weighted by Crippen LogP contribution is -2.30. The Morgan fingerprint density at radius 2 is 2.15 bits per heavy atom. The first-order valence-corrected chi connectivity index (χ1v) is 4.40. The topological polar surface area (TPSA) is 69.4 Å². The minimum atomic E-state index is -0.770. The summed E-state index contributed by atoms with van der Waals surface area (Å²) in [5, 5.41) is 9.33. The van der Waals surface area contributed by atoms with Gasteiger partial charge in [-0.1, -0.05) is 12.8 Å². The average molecular weight is 186 g/mol. The van der Waals surface area contributed by atoms with E-state index >= 15 is 0 Å². The molecule has 5 heteroatoms. The molecular weight excluding hydrogens is 174 g/mol. The normalized spacial score (nSPS) is 28.0. The van der Waals surface area contributed by atoms with Crippen LogP contribution in [0.1, 0.15) is 32.1 Å². The lowest BCUT2D eigenvalue weighted by Gasteiger charge is -2.27. The lowest BCUT2D eigenvalue weighted by atomic mass is 9.85. The molecular formula is C8H12NO4. The van der Waals surface area contributed by atoms with Gasteiger partial charge in [-0.3, -0.25) is 4.79 Å². The van der Waals surface area contributed by atoms with Gasteiger partial charge in [-0.15, -0.1) is 10.1 Å². The van der Waals surface area contributed by atoms with Gasteiger partial charge in [-0.2, -0.15) is 0 Å². The molecule has 0 heterocycles. The van der Waals surface area contributed by atoms with E-state index in [0.29, 0.717) is 6.42 Å². The maximum atomic E-state index is 10.2. The van der Waals surface area contributed by atoms with Gasteiger partial charge in [0.25, 0.3) is 5.09 Å². The molecule has 1 aliphatic rings. The average Bonchev–Trinajstić information content (AvgIpc) is 2.08. The highest BCUT2D eigenvalue weighted by atomic mass is 17.0. The molecule has 0 N–H and O–H groups in total. The van der Waals surface area contributed by atoms with Gasteiger partial charge in [-0.05, 0) is 18.8 Å². The van der Waals surface area contributed by atoms with Crippen molar-refractivity contribution in [3.8, 4) is 0 Å². The van der Waals surface area contributed by atoms with Crippen LogP contribution in [0, 0.1) is 16.0 Å². The predicted octanol–water partition coefficient (Wildman–Crippen LogP) is 1.25. The summed E-state index contributed by atoms with van der Waals surface area (Å²) < 4.78 is 0. The lowest BCUT2D eigenvalue weighted by molar-refractivity contribution is -0.771. The van der Waals surface area contributed by atoms with Crippen molar-refractivity contribution in [3.63, 3.8) is 0 Å². The third kappa shape index (κ3) is 3.01. The summed E-state index contributed by atoms with van der Waals surface area (Å²) in [5.41, 5.74) is 0. The second-order valence-corrected chi connectivity index (χ2v) is 3.26. The smallest absolute Gasteiger partial charge is 0.294 e. The Hall–Kier alpha value is -1.13. The standard InChI is InChI=1S/C8H12NO4/c10-6-5-7-3-1-2-4-8(7)13-9(11)12/h7-8H,1-5H2. The van der Waals surface area contributed by atoms with Gasteiger partial charge in [0.05, 0.1) is 0 Å². The van der Waals surface area contributed by atoms with Gasteiger partial charge < -0.3 is 4.84 Å². The molecule has 2 atom stereocenters. The van der Waals surface area contributed by atoms with Gasteiger partial charge in [0.1, 0.15) is 6.10 Å². The molecule has 0 aromatic heterocycles. The van der Waals surface area contributed by atoms with Gasteiger partial charge in [-0.25, -0.2) is 0 Å². The van der Waals surface area contributed by atoms with Crippen LogP contribution in [0.2, 0.25) is 0 Å². The monoisotopic (exact) mass is 186 g/mol. The molecule has 1 radical (unpaired) electrons. The van der Waals surface area contributed by atoms with Crippen molar-refractivity contribution in [1.29, 1.82) is 0 Å². The van der Waals surface area contributed by atoms with Crippen LogP contribution in [0.3, 0.4) is 0 Å². The molecule has 1 fully saturated rings. The fourth-order valence-corrected chi connectivity index (χ4v) is 1.76. The Labute approximate surface area is 76.2 Å². The van der Waals surface area contributed by atoms with E-state index in [4.69, 9.17) is 0 Å². The van der Waals surface area contributed by atoms with Crippen LogP contribution in [0.15, 0.2) is 0 Å². The van der Waals surface area contributed by atoms with E-state index in [9.17, 15) is 14.9 Å². The molecule has 1 aliphatic carbocycles. The number of carbonyl (C=O) groups excluding carboxylic acids is 1. The summed E-state index contributed by atoms with van der Waals surface area (Å²) in [6.07, 6.45) is 5.10. The summed E-state index contributed by atoms with van der Waals surface area (Å²) in [4.78, 5) is 24.8. The molecule has 0 amide bonds. The van der Waals surface area contributed by atoms with E-state index in [0.717, 1.165) is 19.3 Å². The fraction of sp³-hybridized carbons (Fsp3) is 0.875. The summed E-state index contributed by atoms with van der Waals surface area (Å²) in [6.45, 7) is 0. The van der Waals surface area contributed by atoms with Crippen LogP contribution >= 0.6 is 0 Å². The summed E-state index contributed by atoms with van der Waals surface area (Å²) in [5.74, 6) is -0.0170. The highest BCUT2D eigenvalue weighted by molar-refractivity contribution is 5.50. The van der Waals surface area contributed by atoms with E-state index in [1.165, 1.54) is 0 Å². The Balaban J connectivity index is 2.45. The van der Waals surface area contributed by atoms with Gasteiger partial charge in [0, 0.05) is 6.42 Å². The number of rotatable bonds is 4. The molecule has 0 bridgehead atoms. The van der Waals surface area contributed by atoms with Gasteiger partial charge >= 0.3 is 0 Å². The maximum Gasteiger partial charge on any atom is 0.294 e. The summed E-state index contributed by atoms with van der Waals surface area (Å²) >= 11 is 0. The van der Waals surface area contributed by atoms with E-state index in [-0.39, 0.29) is 12.3 Å². The molecule has 73 valence electrons. The van der Waals surface area contributed by atoms with Crippen LogP contribution < -0.4 is 0 Å². The van der Waals surface area contributed by atoms with Gasteiger partial charge in [0.2, 0.25) is 0 Å². The largest absolute Gasteiger partial charge is 0.310 e. The third-order valence-electron chi connectivity index (χ3n) is 2.41. The second-order valence-electron chi connectivity index (χ2n) is 3.26. The molecule has 0 aromatic rings. The predicted molar refractivity (Wildman–Crippen MR) is 44.1 cm³/mol. The van der Waals surface area contributed by atoms with E-state index in [1.807, 2.05) is 0 Å². The molecule has 0 saturated heterocycles. The zero-order valence-corrected chi connectivity index (χ0v) is 7.27.